The Morgan fingerprint density at radius 1 is 1.47 bits per heavy atom. The number of hydrogen-bond acceptors (Lipinski definition) is 2. The minimum atomic E-state index is -0.477. The third kappa shape index (κ3) is 3.34. The molecule has 1 aliphatic heterocycles. The predicted molar refractivity (Wildman–Crippen MR) is 66.9 cm³/mol. The minimum absolute atomic E-state index is 0.172. The number of alkyl halides is 2. The van der Waals surface area contributed by atoms with E-state index in [0.717, 1.165) is 12.0 Å². The molecular weight excluding hydrogens is 349 g/mol. The Bertz CT molecular complexity index is 374. The Kier molecular flexibility index (Phi) is 5.09. The number of aliphatic hydroxyl groups excluding tert-OH is 1. The molecule has 1 fully saturated rings. The Labute approximate surface area is 118 Å². The van der Waals surface area contributed by atoms with Crippen molar-refractivity contribution in [3.8, 4) is 0 Å². The number of nitrogens with one attached hydrogen (secondary N) is 1. The van der Waals surface area contributed by atoms with Gasteiger partial charge >= 0.3 is 118 Å². The molecule has 0 unspecified atom stereocenters. The van der Waals surface area contributed by atoms with Crippen molar-refractivity contribution >= 4 is 11.6 Å². The molecular formula is C13H18ClINO-. The van der Waals surface area contributed by atoms with Crippen LogP contribution in [-0.4, -0.2) is 19.6 Å². The number of benzene rings is 1. The summed E-state index contributed by atoms with van der Waals surface area (Å²) in [6.07, 6.45) is 1.78. The Balaban J connectivity index is 2.02. The van der Waals surface area contributed by atoms with Gasteiger partial charge in [-0.25, -0.2) is 0 Å². The molecule has 1 aliphatic rings. The summed E-state index contributed by atoms with van der Waals surface area (Å²) in [5, 5.41) is 14.6. The van der Waals surface area contributed by atoms with Crippen molar-refractivity contribution < 1.29 is 26.3 Å². The standard InChI is InChI=1S/C13H18ClINO/c1-2-15-12-8-7-11(16-12)13(17)9-5-3-4-6-10(9)14/h3-6,11-13,16-17H,2,7-8H2,1H3/q-1/t11-,12+,13-/m1/s1. The van der Waals surface area contributed by atoms with Crippen molar-refractivity contribution in [3.05, 3.63) is 34.9 Å². The third-order valence-corrected chi connectivity index (χ3v) is 6.34. The van der Waals surface area contributed by atoms with Crippen LogP contribution in [-0.2, 0) is 0 Å². The second-order valence-electron chi connectivity index (χ2n) is 4.21. The van der Waals surface area contributed by atoms with Crippen LogP contribution in [0.1, 0.15) is 31.4 Å². The van der Waals surface area contributed by atoms with Gasteiger partial charge in [0.15, 0.2) is 0 Å². The second-order valence-corrected chi connectivity index (χ2v) is 8.52. The molecule has 1 aromatic carbocycles. The summed E-state index contributed by atoms with van der Waals surface area (Å²) >= 11 is 6.35. The summed E-state index contributed by atoms with van der Waals surface area (Å²) in [6, 6.07) is 7.75. The maximum absolute atomic E-state index is 10.4. The van der Waals surface area contributed by atoms with E-state index in [0.29, 0.717) is 9.07 Å². The summed E-state index contributed by atoms with van der Waals surface area (Å²) in [6.45, 7) is 2.24. The van der Waals surface area contributed by atoms with Crippen LogP contribution in [0.3, 0.4) is 0 Å². The fraction of sp³-hybridized carbons (Fsp3) is 0.538. The molecule has 0 amide bonds. The first-order chi connectivity index (χ1) is 8.22. The van der Waals surface area contributed by atoms with Crippen LogP contribution in [0.4, 0.5) is 0 Å². The summed E-state index contributed by atoms with van der Waals surface area (Å²) < 4.78 is 1.96. The fourth-order valence-corrected chi connectivity index (χ4v) is 5.04. The van der Waals surface area contributed by atoms with Crippen molar-refractivity contribution in [1.29, 1.82) is 0 Å². The molecule has 3 atom stereocenters. The van der Waals surface area contributed by atoms with Gasteiger partial charge in [-0.1, -0.05) is 0 Å². The molecule has 0 bridgehead atoms. The van der Waals surface area contributed by atoms with Gasteiger partial charge in [-0.2, -0.15) is 0 Å². The molecule has 17 heavy (non-hydrogen) atoms. The SMILES string of the molecule is CC[I-][C@@H]1CC[C@H]([C@H](O)c2ccccc2Cl)N1. The van der Waals surface area contributed by atoms with Gasteiger partial charge in [-0.05, 0) is 0 Å². The predicted octanol–water partition coefficient (Wildman–Crippen LogP) is -0.440. The Morgan fingerprint density at radius 3 is 2.94 bits per heavy atom. The summed E-state index contributed by atoms with van der Waals surface area (Å²) in [4.78, 5) is 0. The van der Waals surface area contributed by atoms with Crippen molar-refractivity contribution in [2.45, 2.75) is 36.0 Å². The number of halogens is 2. The molecule has 0 radical (unpaired) electrons. The van der Waals surface area contributed by atoms with E-state index in [1.807, 2.05) is 24.3 Å². The summed E-state index contributed by atoms with van der Waals surface area (Å²) in [7, 11) is 0. The van der Waals surface area contributed by atoms with E-state index in [-0.39, 0.29) is 27.2 Å². The van der Waals surface area contributed by atoms with E-state index in [2.05, 4.69) is 12.2 Å². The first kappa shape index (κ1) is 13.6. The van der Waals surface area contributed by atoms with Crippen LogP contribution in [0.15, 0.2) is 24.3 Å². The van der Waals surface area contributed by atoms with E-state index in [1.165, 1.54) is 10.8 Å². The van der Waals surface area contributed by atoms with Gasteiger partial charge in [0.05, 0.1) is 0 Å². The first-order valence-electron chi connectivity index (χ1n) is 5.98. The molecule has 0 spiro atoms. The van der Waals surface area contributed by atoms with Crippen LogP contribution in [0.25, 0.3) is 0 Å². The van der Waals surface area contributed by atoms with Crippen LogP contribution in [0.2, 0.25) is 5.02 Å². The van der Waals surface area contributed by atoms with Gasteiger partial charge in [-0.15, -0.1) is 0 Å². The third-order valence-electron chi connectivity index (χ3n) is 3.07. The van der Waals surface area contributed by atoms with Gasteiger partial charge in [0.25, 0.3) is 0 Å². The molecule has 1 saturated heterocycles. The molecule has 0 aromatic heterocycles. The monoisotopic (exact) mass is 366 g/mol. The van der Waals surface area contributed by atoms with Gasteiger partial charge in [0.1, 0.15) is 0 Å². The summed E-state index contributed by atoms with van der Waals surface area (Å²) in [5.74, 6) is 0. The Hall–Kier alpha value is 0.160. The van der Waals surface area contributed by atoms with Crippen molar-refractivity contribution in [2.75, 3.05) is 4.43 Å². The van der Waals surface area contributed by atoms with E-state index in [9.17, 15) is 5.11 Å². The quantitative estimate of drug-likeness (QED) is 0.430. The number of aliphatic hydroxyl groups is 1. The van der Waals surface area contributed by atoms with E-state index < -0.39 is 6.10 Å². The average molecular weight is 367 g/mol. The van der Waals surface area contributed by atoms with Gasteiger partial charge in [0, 0.05) is 0 Å². The van der Waals surface area contributed by atoms with Crippen LogP contribution < -0.4 is 26.5 Å². The fourth-order valence-electron chi connectivity index (χ4n) is 2.21. The van der Waals surface area contributed by atoms with E-state index >= 15 is 0 Å². The maximum atomic E-state index is 10.4. The van der Waals surface area contributed by atoms with Gasteiger partial charge in [0.2, 0.25) is 0 Å². The second kappa shape index (κ2) is 6.36. The number of rotatable bonds is 4. The zero-order valence-electron chi connectivity index (χ0n) is 9.87. The first-order valence-corrected chi connectivity index (χ1v) is 9.13. The van der Waals surface area contributed by atoms with Crippen molar-refractivity contribution in [1.82, 2.24) is 5.32 Å². The zero-order chi connectivity index (χ0) is 12.3. The molecule has 96 valence electrons. The molecule has 0 saturated carbocycles. The van der Waals surface area contributed by atoms with Crippen LogP contribution >= 0.6 is 11.6 Å². The molecule has 1 heterocycles. The van der Waals surface area contributed by atoms with E-state index in [1.54, 1.807) is 0 Å². The topological polar surface area (TPSA) is 32.3 Å². The van der Waals surface area contributed by atoms with Crippen LogP contribution in [0, 0.1) is 0 Å². The van der Waals surface area contributed by atoms with Crippen molar-refractivity contribution in [3.63, 3.8) is 0 Å². The Morgan fingerprint density at radius 2 is 2.24 bits per heavy atom. The average Bonchev–Trinajstić information content (AvgIpc) is 2.78. The normalized spacial score (nSPS) is 26.3. The molecule has 2 rings (SSSR count). The summed E-state index contributed by atoms with van der Waals surface area (Å²) in [5.41, 5.74) is 0.849. The zero-order valence-corrected chi connectivity index (χ0v) is 12.8. The molecule has 0 aliphatic carbocycles. The molecule has 1 aromatic rings. The number of hydrogen-bond donors (Lipinski definition) is 2. The van der Waals surface area contributed by atoms with Crippen LogP contribution in [0.5, 0.6) is 0 Å². The van der Waals surface area contributed by atoms with Gasteiger partial charge < -0.3 is 0 Å². The molecule has 2 nitrogen and oxygen atoms in total. The molecule has 2 N–H and O–H groups in total. The van der Waals surface area contributed by atoms with Crippen molar-refractivity contribution in [2.24, 2.45) is 0 Å². The van der Waals surface area contributed by atoms with E-state index in [4.69, 9.17) is 11.6 Å². The molecule has 4 heteroatoms. The van der Waals surface area contributed by atoms with Gasteiger partial charge in [-0.3, -0.25) is 0 Å².